The van der Waals surface area contributed by atoms with Crippen molar-refractivity contribution in [1.82, 2.24) is 9.78 Å². The second kappa shape index (κ2) is 7.92. The molecular formula is C22H27N3O3Si. The molecule has 1 aliphatic rings. The third-order valence-electron chi connectivity index (χ3n) is 4.84. The highest BCUT2D eigenvalue weighted by Gasteiger charge is 2.14. The van der Waals surface area contributed by atoms with E-state index in [9.17, 15) is 0 Å². The van der Waals surface area contributed by atoms with Gasteiger partial charge in [0.1, 0.15) is 6.73 Å². The number of nitrogens with two attached hydrogens (primary N) is 1. The summed E-state index contributed by atoms with van der Waals surface area (Å²) in [5, 5.41) is 5.80. The molecule has 1 aromatic heterocycles. The van der Waals surface area contributed by atoms with Crippen LogP contribution in [0.5, 0.6) is 11.5 Å². The molecule has 0 fully saturated rings. The van der Waals surface area contributed by atoms with Gasteiger partial charge < -0.3 is 19.9 Å². The highest BCUT2D eigenvalue weighted by atomic mass is 28.3. The Kier molecular flexibility index (Phi) is 5.34. The van der Waals surface area contributed by atoms with Crippen molar-refractivity contribution in [3.05, 3.63) is 47.7 Å². The second-order valence-corrected chi connectivity index (χ2v) is 14.1. The highest BCUT2D eigenvalue weighted by molar-refractivity contribution is 6.76. The van der Waals surface area contributed by atoms with Crippen LogP contribution in [0.15, 0.2) is 36.4 Å². The molecule has 1 aliphatic heterocycles. The maximum Gasteiger partial charge on any atom is 0.231 e. The molecule has 2 N–H and O–H groups in total. The first-order valence-electron chi connectivity index (χ1n) is 9.81. The molecule has 0 spiro atoms. The summed E-state index contributed by atoms with van der Waals surface area (Å²) in [7, 11) is -1.12. The largest absolute Gasteiger partial charge is 0.454 e. The molecular weight excluding hydrogens is 382 g/mol. The van der Waals surface area contributed by atoms with Gasteiger partial charge in [-0.3, -0.25) is 0 Å². The van der Waals surface area contributed by atoms with Crippen molar-refractivity contribution >= 4 is 36.8 Å². The van der Waals surface area contributed by atoms with E-state index in [1.807, 2.05) is 53.2 Å². The van der Waals surface area contributed by atoms with Gasteiger partial charge in [0.15, 0.2) is 11.5 Å². The molecule has 0 saturated carbocycles. The third kappa shape index (κ3) is 4.63. The van der Waals surface area contributed by atoms with Crippen LogP contribution in [-0.4, -0.2) is 31.3 Å². The van der Waals surface area contributed by atoms with Gasteiger partial charge in [0.05, 0.1) is 11.2 Å². The summed E-state index contributed by atoms with van der Waals surface area (Å²) in [6, 6.07) is 12.9. The fourth-order valence-corrected chi connectivity index (χ4v) is 3.92. The Morgan fingerprint density at radius 2 is 1.93 bits per heavy atom. The molecule has 0 atom stereocenters. The smallest absolute Gasteiger partial charge is 0.231 e. The molecule has 6 nitrogen and oxygen atoms in total. The molecule has 152 valence electrons. The number of rotatable bonds is 7. The normalized spacial score (nSPS) is 13.6. The first-order valence-corrected chi connectivity index (χ1v) is 13.5. The number of nitrogen functional groups attached to an aromatic ring is 1. The Labute approximate surface area is 171 Å². The number of hydrogen-bond donors (Lipinski definition) is 1. The van der Waals surface area contributed by atoms with Crippen molar-refractivity contribution in [2.75, 3.05) is 19.1 Å². The number of ether oxygens (including phenoxy) is 3. The molecule has 7 heteroatoms. The summed E-state index contributed by atoms with van der Waals surface area (Å²) in [4.78, 5) is 0. The minimum Gasteiger partial charge on any atom is -0.454 e. The zero-order chi connectivity index (χ0) is 20.4. The number of fused-ring (bicyclic) bond motifs is 2. The third-order valence-corrected chi connectivity index (χ3v) is 6.55. The molecule has 0 aliphatic carbocycles. The predicted octanol–water partition coefficient (Wildman–Crippen LogP) is 4.83. The molecule has 0 bridgehead atoms. The summed E-state index contributed by atoms with van der Waals surface area (Å²) in [5.74, 6) is 1.55. The maximum absolute atomic E-state index is 6.01. The molecule has 0 amide bonds. The lowest BCUT2D eigenvalue weighted by Crippen LogP contribution is -2.22. The molecule has 0 radical (unpaired) electrons. The van der Waals surface area contributed by atoms with Crippen molar-refractivity contribution in [1.29, 1.82) is 0 Å². The van der Waals surface area contributed by atoms with E-state index in [1.165, 1.54) is 0 Å². The van der Waals surface area contributed by atoms with Crippen LogP contribution in [0.25, 0.3) is 23.1 Å². The first-order chi connectivity index (χ1) is 13.9. The van der Waals surface area contributed by atoms with E-state index in [2.05, 4.69) is 19.6 Å². The molecule has 3 aromatic rings. The standard InChI is InChI=1S/C22H27N3O3Si/c1-29(2,3)11-10-26-14-25-20-13-17(23)6-7-18(20)19(24-25)8-4-16-5-9-21-22(12-16)28-15-27-21/h4-9,12-13H,10-11,14-15,23H2,1-3H3. The van der Waals surface area contributed by atoms with E-state index in [1.54, 1.807) is 0 Å². The van der Waals surface area contributed by atoms with E-state index < -0.39 is 8.07 Å². The minimum absolute atomic E-state index is 0.274. The lowest BCUT2D eigenvalue weighted by Gasteiger charge is -2.15. The van der Waals surface area contributed by atoms with Crippen LogP contribution in [0.1, 0.15) is 11.3 Å². The molecule has 29 heavy (non-hydrogen) atoms. The van der Waals surface area contributed by atoms with Crippen molar-refractivity contribution in [3.63, 3.8) is 0 Å². The molecule has 2 heterocycles. The van der Waals surface area contributed by atoms with Crippen molar-refractivity contribution in [3.8, 4) is 11.5 Å². The summed E-state index contributed by atoms with van der Waals surface area (Å²) < 4.78 is 18.6. The van der Waals surface area contributed by atoms with Gasteiger partial charge in [0.2, 0.25) is 6.79 Å². The topological polar surface area (TPSA) is 71.5 Å². The van der Waals surface area contributed by atoms with Crippen LogP contribution in [0.4, 0.5) is 5.69 Å². The van der Waals surface area contributed by atoms with Gasteiger partial charge in [-0.15, -0.1) is 0 Å². The summed E-state index contributed by atoms with van der Waals surface area (Å²) in [6.07, 6.45) is 4.03. The Balaban J connectivity index is 1.56. The van der Waals surface area contributed by atoms with Gasteiger partial charge in [-0.05, 0) is 48.0 Å². The Hall–Kier alpha value is -2.77. The summed E-state index contributed by atoms with van der Waals surface area (Å²) >= 11 is 0. The van der Waals surface area contributed by atoms with Crippen LogP contribution in [0.2, 0.25) is 25.7 Å². The predicted molar refractivity (Wildman–Crippen MR) is 120 cm³/mol. The molecule has 0 saturated heterocycles. The Morgan fingerprint density at radius 1 is 1.10 bits per heavy atom. The van der Waals surface area contributed by atoms with Crippen LogP contribution in [0, 0.1) is 0 Å². The van der Waals surface area contributed by atoms with Crippen molar-refractivity contribution in [2.24, 2.45) is 0 Å². The van der Waals surface area contributed by atoms with Gasteiger partial charge in [-0.25, -0.2) is 4.68 Å². The first kappa shape index (κ1) is 19.5. The van der Waals surface area contributed by atoms with Crippen LogP contribution in [-0.2, 0) is 11.5 Å². The molecule has 0 unspecified atom stereocenters. The van der Waals surface area contributed by atoms with Crippen molar-refractivity contribution < 1.29 is 14.2 Å². The van der Waals surface area contributed by atoms with E-state index in [-0.39, 0.29) is 6.79 Å². The number of anilines is 1. The maximum atomic E-state index is 6.01. The van der Waals surface area contributed by atoms with Gasteiger partial charge in [0.25, 0.3) is 0 Å². The van der Waals surface area contributed by atoms with E-state index >= 15 is 0 Å². The number of hydrogen-bond acceptors (Lipinski definition) is 5. The summed E-state index contributed by atoms with van der Waals surface area (Å²) in [5.41, 5.74) is 9.61. The minimum atomic E-state index is -1.12. The van der Waals surface area contributed by atoms with Crippen molar-refractivity contribution in [2.45, 2.75) is 32.4 Å². The van der Waals surface area contributed by atoms with E-state index in [0.717, 1.165) is 46.3 Å². The van der Waals surface area contributed by atoms with E-state index in [4.69, 9.17) is 25.0 Å². The van der Waals surface area contributed by atoms with Crippen LogP contribution >= 0.6 is 0 Å². The van der Waals surface area contributed by atoms with Crippen LogP contribution < -0.4 is 15.2 Å². The average Bonchev–Trinajstić information content (AvgIpc) is 3.26. The fourth-order valence-electron chi connectivity index (χ4n) is 3.16. The van der Waals surface area contributed by atoms with Crippen LogP contribution in [0.3, 0.4) is 0 Å². The van der Waals surface area contributed by atoms with Gasteiger partial charge in [-0.1, -0.05) is 31.8 Å². The van der Waals surface area contributed by atoms with Gasteiger partial charge >= 0.3 is 0 Å². The Bertz CT molecular complexity index is 1050. The average molecular weight is 410 g/mol. The highest BCUT2D eigenvalue weighted by Crippen LogP contribution is 2.33. The number of nitrogens with zero attached hydrogens (tertiary/aromatic N) is 2. The number of benzene rings is 2. The fraction of sp³-hybridized carbons (Fsp3) is 0.318. The van der Waals surface area contributed by atoms with Gasteiger partial charge in [0, 0.05) is 25.8 Å². The molecule has 4 rings (SSSR count). The lowest BCUT2D eigenvalue weighted by molar-refractivity contribution is 0.0816. The van der Waals surface area contributed by atoms with E-state index in [0.29, 0.717) is 12.4 Å². The zero-order valence-corrected chi connectivity index (χ0v) is 18.1. The number of aromatic nitrogens is 2. The second-order valence-electron chi connectivity index (χ2n) is 8.46. The zero-order valence-electron chi connectivity index (χ0n) is 17.1. The quantitative estimate of drug-likeness (QED) is 0.344. The SMILES string of the molecule is C[Si](C)(C)CCOCn1nc(C=Cc2ccc3c(c2)OCO3)c2ccc(N)cc21. The monoisotopic (exact) mass is 409 g/mol. The molecule has 2 aromatic carbocycles. The summed E-state index contributed by atoms with van der Waals surface area (Å²) in [6.45, 7) is 8.49. The lowest BCUT2D eigenvalue weighted by atomic mass is 10.1. The van der Waals surface area contributed by atoms with Gasteiger partial charge in [-0.2, -0.15) is 5.10 Å². The Morgan fingerprint density at radius 3 is 2.76 bits per heavy atom.